The van der Waals surface area contributed by atoms with E-state index < -0.39 is 0 Å². The second-order valence-corrected chi connectivity index (χ2v) is 6.84. The molecule has 0 saturated heterocycles. The van der Waals surface area contributed by atoms with Gasteiger partial charge in [0.25, 0.3) is 0 Å². The molecule has 0 atom stereocenters. The normalized spacial score (nSPS) is 10.9. The lowest BCUT2D eigenvalue weighted by Gasteiger charge is -2.10. The van der Waals surface area contributed by atoms with Crippen LogP contribution in [0.4, 0.5) is 8.78 Å². The maximum atomic E-state index is 13.4. The molecule has 134 valence electrons. The third-order valence-corrected chi connectivity index (χ3v) is 5.03. The first-order valence-electron chi connectivity index (χ1n) is 8.35. The molecule has 1 aromatic heterocycles. The molecule has 0 aliphatic rings. The average Bonchev–Trinajstić information content (AvgIpc) is 3.12. The standard InChI is InChI=1S/C21H15F2N3S/c22-17-8-6-16(7-9-17)20-24-25-21(27-14-15-4-2-1-3-5-15)26(20)19-12-10-18(23)11-13-19/h1-13H,14H2. The van der Waals surface area contributed by atoms with E-state index in [4.69, 9.17) is 0 Å². The third kappa shape index (κ3) is 3.90. The molecule has 3 nitrogen and oxygen atoms in total. The Hall–Kier alpha value is -2.99. The Morgan fingerprint density at radius 2 is 1.37 bits per heavy atom. The Morgan fingerprint density at radius 1 is 0.741 bits per heavy atom. The zero-order chi connectivity index (χ0) is 18.6. The molecule has 0 unspecified atom stereocenters. The Kier molecular flexibility index (Phi) is 4.98. The van der Waals surface area contributed by atoms with Crippen LogP contribution in [0.5, 0.6) is 0 Å². The van der Waals surface area contributed by atoms with Crippen molar-refractivity contribution in [3.05, 3.63) is 96.1 Å². The molecule has 0 radical (unpaired) electrons. The molecular weight excluding hydrogens is 364 g/mol. The number of hydrogen-bond donors (Lipinski definition) is 0. The van der Waals surface area contributed by atoms with Crippen molar-refractivity contribution in [2.24, 2.45) is 0 Å². The van der Waals surface area contributed by atoms with Gasteiger partial charge in [-0.15, -0.1) is 10.2 Å². The average molecular weight is 379 g/mol. The summed E-state index contributed by atoms with van der Waals surface area (Å²) in [5.41, 5.74) is 2.65. The summed E-state index contributed by atoms with van der Waals surface area (Å²) >= 11 is 1.54. The van der Waals surface area contributed by atoms with E-state index in [1.54, 1.807) is 24.3 Å². The van der Waals surface area contributed by atoms with Crippen molar-refractivity contribution in [2.75, 3.05) is 0 Å². The van der Waals surface area contributed by atoms with Gasteiger partial charge in [-0.25, -0.2) is 8.78 Å². The monoisotopic (exact) mass is 379 g/mol. The number of rotatable bonds is 5. The van der Waals surface area contributed by atoms with Crippen LogP contribution in [0.25, 0.3) is 17.1 Å². The molecule has 0 saturated carbocycles. The van der Waals surface area contributed by atoms with Crippen LogP contribution in [0.3, 0.4) is 0 Å². The Labute approximate surface area is 159 Å². The molecule has 0 N–H and O–H groups in total. The molecule has 0 amide bonds. The van der Waals surface area contributed by atoms with Crippen molar-refractivity contribution in [3.63, 3.8) is 0 Å². The fourth-order valence-corrected chi connectivity index (χ4v) is 3.60. The highest BCUT2D eigenvalue weighted by molar-refractivity contribution is 7.98. The van der Waals surface area contributed by atoms with Gasteiger partial charge in [-0.05, 0) is 54.1 Å². The van der Waals surface area contributed by atoms with Gasteiger partial charge in [0.1, 0.15) is 11.6 Å². The minimum atomic E-state index is -0.315. The molecule has 0 spiro atoms. The maximum Gasteiger partial charge on any atom is 0.196 e. The molecule has 1 heterocycles. The van der Waals surface area contributed by atoms with E-state index in [0.29, 0.717) is 11.0 Å². The molecule has 27 heavy (non-hydrogen) atoms. The summed E-state index contributed by atoms with van der Waals surface area (Å²) < 4.78 is 28.5. The van der Waals surface area contributed by atoms with E-state index in [1.165, 1.54) is 41.6 Å². The van der Waals surface area contributed by atoms with Crippen molar-refractivity contribution in [1.82, 2.24) is 14.8 Å². The lowest BCUT2D eigenvalue weighted by molar-refractivity contribution is 0.626. The van der Waals surface area contributed by atoms with Crippen molar-refractivity contribution in [3.8, 4) is 17.1 Å². The molecule has 6 heteroatoms. The smallest absolute Gasteiger partial charge is 0.196 e. The summed E-state index contributed by atoms with van der Waals surface area (Å²) in [6.07, 6.45) is 0. The highest BCUT2D eigenvalue weighted by Gasteiger charge is 2.16. The minimum absolute atomic E-state index is 0.311. The maximum absolute atomic E-state index is 13.4. The van der Waals surface area contributed by atoms with Gasteiger partial charge in [-0.2, -0.15) is 0 Å². The Bertz CT molecular complexity index is 1030. The van der Waals surface area contributed by atoms with E-state index >= 15 is 0 Å². The van der Waals surface area contributed by atoms with Gasteiger partial charge in [-0.3, -0.25) is 4.57 Å². The second-order valence-electron chi connectivity index (χ2n) is 5.90. The van der Waals surface area contributed by atoms with E-state index in [9.17, 15) is 8.78 Å². The lowest BCUT2D eigenvalue weighted by Crippen LogP contribution is -2.00. The van der Waals surface area contributed by atoms with Crippen LogP contribution in [0, 0.1) is 11.6 Å². The summed E-state index contributed by atoms with van der Waals surface area (Å²) in [5, 5.41) is 9.31. The Balaban J connectivity index is 1.74. The van der Waals surface area contributed by atoms with E-state index in [2.05, 4.69) is 10.2 Å². The molecular formula is C21H15F2N3S. The number of benzene rings is 3. The molecule has 3 aromatic carbocycles. The van der Waals surface area contributed by atoms with Crippen molar-refractivity contribution in [1.29, 1.82) is 0 Å². The summed E-state index contributed by atoms with van der Waals surface area (Å²) in [7, 11) is 0. The highest BCUT2D eigenvalue weighted by atomic mass is 32.2. The molecule has 4 aromatic rings. The number of hydrogen-bond acceptors (Lipinski definition) is 3. The predicted octanol–water partition coefficient (Wildman–Crippen LogP) is 5.50. The quantitative estimate of drug-likeness (QED) is 0.429. The molecule has 0 bridgehead atoms. The van der Waals surface area contributed by atoms with Crippen LogP contribution >= 0.6 is 11.8 Å². The summed E-state index contributed by atoms with van der Waals surface area (Å²) in [6, 6.07) is 22.3. The van der Waals surface area contributed by atoms with Gasteiger partial charge in [-0.1, -0.05) is 42.1 Å². The van der Waals surface area contributed by atoms with Crippen LogP contribution in [0.2, 0.25) is 0 Å². The van der Waals surface area contributed by atoms with Gasteiger partial charge >= 0.3 is 0 Å². The molecule has 4 rings (SSSR count). The van der Waals surface area contributed by atoms with Crippen molar-refractivity contribution >= 4 is 11.8 Å². The summed E-state index contributed by atoms with van der Waals surface area (Å²) in [6.45, 7) is 0. The number of nitrogens with zero attached hydrogens (tertiary/aromatic N) is 3. The van der Waals surface area contributed by atoms with Crippen LogP contribution < -0.4 is 0 Å². The fraction of sp³-hybridized carbons (Fsp3) is 0.0476. The van der Waals surface area contributed by atoms with Crippen LogP contribution in [-0.4, -0.2) is 14.8 Å². The lowest BCUT2D eigenvalue weighted by atomic mass is 10.2. The Morgan fingerprint density at radius 3 is 2.04 bits per heavy atom. The highest BCUT2D eigenvalue weighted by Crippen LogP contribution is 2.29. The van der Waals surface area contributed by atoms with E-state index in [1.807, 2.05) is 34.9 Å². The van der Waals surface area contributed by atoms with Gasteiger partial charge in [0.15, 0.2) is 11.0 Å². The largest absolute Gasteiger partial charge is 0.270 e. The topological polar surface area (TPSA) is 30.7 Å². The molecule has 0 fully saturated rings. The first-order chi connectivity index (χ1) is 13.2. The number of aromatic nitrogens is 3. The van der Waals surface area contributed by atoms with Crippen LogP contribution in [-0.2, 0) is 5.75 Å². The second kappa shape index (κ2) is 7.72. The minimum Gasteiger partial charge on any atom is -0.270 e. The number of thioether (sulfide) groups is 1. The van der Waals surface area contributed by atoms with E-state index in [-0.39, 0.29) is 11.6 Å². The molecule has 0 aliphatic carbocycles. The van der Waals surface area contributed by atoms with Gasteiger partial charge in [0, 0.05) is 17.0 Å². The predicted molar refractivity (Wildman–Crippen MR) is 103 cm³/mol. The van der Waals surface area contributed by atoms with Crippen molar-refractivity contribution in [2.45, 2.75) is 10.9 Å². The fourth-order valence-electron chi connectivity index (χ4n) is 2.69. The van der Waals surface area contributed by atoms with Gasteiger partial charge in [0.05, 0.1) is 0 Å². The summed E-state index contributed by atoms with van der Waals surface area (Å²) in [5.74, 6) is 0.680. The van der Waals surface area contributed by atoms with Crippen molar-refractivity contribution < 1.29 is 8.78 Å². The van der Waals surface area contributed by atoms with Crippen LogP contribution in [0.15, 0.2) is 84.0 Å². The first-order valence-corrected chi connectivity index (χ1v) is 9.33. The zero-order valence-corrected chi connectivity index (χ0v) is 15.0. The van der Waals surface area contributed by atoms with Gasteiger partial charge in [0.2, 0.25) is 0 Å². The molecule has 0 aliphatic heterocycles. The SMILES string of the molecule is Fc1ccc(-c2nnc(SCc3ccccc3)n2-c2ccc(F)cc2)cc1. The van der Waals surface area contributed by atoms with Crippen LogP contribution in [0.1, 0.15) is 5.56 Å². The van der Waals surface area contributed by atoms with E-state index in [0.717, 1.165) is 17.0 Å². The third-order valence-electron chi connectivity index (χ3n) is 4.03. The zero-order valence-electron chi connectivity index (χ0n) is 14.2. The first kappa shape index (κ1) is 17.4. The number of halogens is 2. The van der Waals surface area contributed by atoms with Gasteiger partial charge < -0.3 is 0 Å². The summed E-state index contributed by atoms with van der Waals surface area (Å²) in [4.78, 5) is 0.